The second kappa shape index (κ2) is 12.3. The summed E-state index contributed by atoms with van der Waals surface area (Å²) in [5.41, 5.74) is 0.861. The smallest absolute Gasteiger partial charge is 0.346 e. The fraction of sp³-hybridized carbons (Fsp3) is 0.357. The predicted molar refractivity (Wildman–Crippen MR) is 130 cm³/mol. The SMILES string of the molecule is O=C(OCCCCCCCCCCOC(=O)c1ccc2c(c1)C(=O)OC2=O)c1ccc2c(c1)C(=O)OC2=O. The summed E-state index contributed by atoms with van der Waals surface area (Å²) >= 11 is 0. The summed E-state index contributed by atoms with van der Waals surface area (Å²) in [7, 11) is 0. The highest BCUT2D eigenvalue weighted by Gasteiger charge is 2.31. The van der Waals surface area contributed by atoms with E-state index in [0.29, 0.717) is 0 Å². The van der Waals surface area contributed by atoms with E-state index in [1.165, 1.54) is 36.4 Å². The van der Waals surface area contributed by atoms with Gasteiger partial charge in [0, 0.05) is 0 Å². The molecule has 38 heavy (non-hydrogen) atoms. The number of rotatable bonds is 13. The molecule has 2 heterocycles. The Morgan fingerprint density at radius 1 is 0.500 bits per heavy atom. The number of hydrogen-bond donors (Lipinski definition) is 0. The Bertz CT molecular complexity index is 1190. The average molecular weight is 523 g/mol. The number of hydrogen-bond acceptors (Lipinski definition) is 10. The van der Waals surface area contributed by atoms with Crippen LogP contribution >= 0.6 is 0 Å². The third kappa shape index (κ3) is 6.31. The van der Waals surface area contributed by atoms with Gasteiger partial charge in [-0.05, 0) is 49.2 Å². The van der Waals surface area contributed by atoms with E-state index in [9.17, 15) is 28.8 Å². The molecule has 0 unspecified atom stereocenters. The normalized spacial score (nSPS) is 13.6. The number of benzene rings is 2. The van der Waals surface area contributed by atoms with Crippen molar-refractivity contribution in [2.75, 3.05) is 13.2 Å². The lowest BCUT2D eigenvalue weighted by molar-refractivity contribution is 0.0425. The highest BCUT2D eigenvalue weighted by Crippen LogP contribution is 2.23. The first-order chi connectivity index (χ1) is 18.3. The van der Waals surface area contributed by atoms with E-state index in [1.54, 1.807) is 0 Å². The van der Waals surface area contributed by atoms with Crippen molar-refractivity contribution in [2.24, 2.45) is 0 Å². The Morgan fingerprint density at radius 3 is 1.24 bits per heavy atom. The minimum Gasteiger partial charge on any atom is -0.462 e. The Kier molecular flexibility index (Phi) is 8.62. The molecule has 2 aliphatic heterocycles. The van der Waals surface area contributed by atoms with Gasteiger partial charge in [-0.25, -0.2) is 28.8 Å². The predicted octanol–water partition coefficient (Wildman–Crippen LogP) is 4.44. The molecular weight excluding hydrogens is 496 g/mol. The molecular formula is C28H26O10. The van der Waals surface area contributed by atoms with Crippen LogP contribution in [0.2, 0.25) is 0 Å². The molecule has 0 atom stereocenters. The van der Waals surface area contributed by atoms with E-state index < -0.39 is 35.8 Å². The van der Waals surface area contributed by atoms with Gasteiger partial charge in [-0.2, -0.15) is 0 Å². The highest BCUT2D eigenvalue weighted by atomic mass is 16.6. The van der Waals surface area contributed by atoms with Gasteiger partial charge >= 0.3 is 35.8 Å². The molecule has 0 radical (unpaired) electrons. The Balaban J connectivity index is 1.01. The van der Waals surface area contributed by atoms with Crippen molar-refractivity contribution in [3.8, 4) is 0 Å². The van der Waals surface area contributed by atoms with Crippen molar-refractivity contribution in [3.05, 3.63) is 69.8 Å². The summed E-state index contributed by atoms with van der Waals surface area (Å²) in [5, 5.41) is 0. The zero-order chi connectivity index (χ0) is 27.1. The van der Waals surface area contributed by atoms with Gasteiger partial charge in [-0.15, -0.1) is 0 Å². The summed E-state index contributed by atoms with van der Waals surface area (Å²) in [6, 6.07) is 8.30. The average Bonchev–Trinajstić information content (AvgIpc) is 3.36. The van der Waals surface area contributed by atoms with Crippen LogP contribution in [0.5, 0.6) is 0 Å². The zero-order valence-electron chi connectivity index (χ0n) is 20.6. The van der Waals surface area contributed by atoms with Crippen molar-refractivity contribution < 1.29 is 47.7 Å². The first-order valence-corrected chi connectivity index (χ1v) is 12.5. The number of fused-ring (bicyclic) bond motifs is 2. The van der Waals surface area contributed by atoms with Gasteiger partial charge < -0.3 is 18.9 Å². The number of carbonyl (C=O) groups excluding carboxylic acids is 6. The van der Waals surface area contributed by atoms with Crippen molar-refractivity contribution >= 4 is 35.8 Å². The van der Waals surface area contributed by atoms with Gasteiger partial charge in [0.1, 0.15) is 0 Å². The molecule has 2 aromatic carbocycles. The molecule has 0 saturated carbocycles. The minimum absolute atomic E-state index is 0.0774. The van der Waals surface area contributed by atoms with Crippen LogP contribution in [0.25, 0.3) is 0 Å². The van der Waals surface area contributed by atoms with Crippen LogP contribution in [0.1, 0.15) is 114 Å². The largest absolute Gasteiger partial charge is 0.462 e. The van der Waals surface area contributed by atoms with Crippen LogP contribution in [0.15, 0.2) is 36.4 Å². The quantitative estimate of drug-likeness (QED) is 0.160. The Hall–Kier alpha value is -4.34. The molecule has 0 saturated heterocycles. The fourth-order valence-corrected chi connectivity index (χ4v) is 4.19. The molecule has 0 fully saturated rings. The summed E-state index contributed by atoms with van der Waals surface area (Å²) in [5.74, 6) is -4.04. The maximum Gasteiger partial charge on any atom is 0.346 e. The summed E-state index contributed by atoms with van der Waals surface area (Å²) in [6.07, 6.45) is 7.36. The van der Waals surface area contributed by atoms with Gasteiger partial charge in [0.2, 0.25) is 0 Å². The van der Waals surface area contributed by atoms with E-state index >= 15 is 0 Å². The lowest BCUT2D eigenvalue weighted by atomic mass is 10.1. The second-order valence-electron chi connectivity index (χ2n) is 8.97. The maximum absolute atomic E-state index is 12.2. The van der Waals surface area contributed by atoms with E-state index in [2.05, 4.69) is 9.47 Å². The zero-order valence-corrected chi connectivity index (χ0v) is 20.6. The standard InChI is InChI=1S/C28H26O10/c29-23(17-9-11-19-21(15-17)27(33)37-25(19)31)35-13-7-5-3-1-2-4-6-8-14-36-24(30)18-10-12-20-22(16-18)28(34)38-26(20)32/h9-12,15-16H,1-8,13-14H2. The third-order valence-electron chi connectivity index (χ3n) is 6.27. The van der Waals surface area contributed by atoms with Crippen molar-refractivity contribution in [1.82, 2.24) is 0 Å². The topological polar surface area (TPSA) is 139 Å². The van der Waals surface area contributed by atoms with Gasteiger partial charge in [0.05, 0.1) is 46.6 Å². The van der Waals surface area contributed by atoms with E-state index in [0.717, 1.165) is 51.4 Å². The molecule has 0 spiro atoms. The van der Waals surface area contributed by atoms with Gasteiger partial charge in [0.15, 0.2) is 0 Å². The summed E-state index contributed by atoms with van der Waals surface area (Å²) < 4.78 is 19.5. The molecule has 198 valence electrons. The monoisotopic (exact) mass is 522 g/mol. The molecule has 10 nitrogen and oxygen atoms in total. The molecule has 2 aliphatic rings. The number of ether oxygens (including phenoxy) is 4. The Labute approximate surface area is 218 Å². The van der Waals surface area contributed by atoms with Crippen molar-refractivity contribution in [1.29, 1.82) is 0 Å². The first kappa shape index (κ1) is 26.7. The molecule has 0 bridgehead atoms. The summed E-state index contributed by atoms with van der Waals surface area (Å²) in [6.45, 7) is 0.540. The molecule has 10 heteroatoms. The third-order valence-corrected chi connectivity index (χ3v) is 6.27. The molecule has 4 rings (SSSR count). The molecule has 0 aliphatic carbocycles. The van der Waals surface area contributed by atoms with Gasteiger partial charge in [-0.1, -0.05) is 38.5 Å². The molecule has 0 N–H and O–H groups in total. The van der Waals surface area contributed by atoms with E-state index in [4.69, 9.17) is 9.47 Å². The summed E-state index contributed by atoms with van der Waals surface area (Å²) in [4.78, 5) is 70.5. The second-order valence-corrected chi connectivity index (χ2v) is 8.97. The highest BCUT2D eigenvalue weighted by molar-refractivity contribution is 6.16. The van der Waals surface area contributed by atoms with Crippen molar-refractivity contribution in [3.63, 3.8) is 0 Å². The van der Waals surface area contributed by atoms with E-state index in [1.807, 2.05) is 0 Å². The number of cyclic esters (lactones) is 4. The number of unbranched alkanes of at least 4 members (excludes halogenated alkanes) is 7. The lowest BCUT2D eigenvalue weighted by Gasteiger charge is -2.06. The maximum atomic E-state index is 12.2. The van der Waals surface area contributed by atoms with Gasteiger partial charge in [-0.3, -0.25) is 0 Å². The fourth-order valence-electron chi connectivity index (χ4n) is 4.19. The van der Waals surface area contributed by atoms with E-state index in [-0.39, 0.29) is 46.6 Å². The van der Waals surface area contributed by atoms with Crippen LogP contribution in [0.3, 0.4) is 0 Å². The van der Waals surface area contributed by atoms with Gasteiger partial charge in [0.25, 0.3) is 0 Å². The van der Waals surface area contributed by atoms with Crippen LogP contribution in [0, 0.1) is 0 Å². The number of carbonyl (C=O) groups is 6. The van der Waals surface area contributed by atoms with Crippen LogP contribution in [0.4, 0.5) is 0 Å². The molecule has 0 amide bonds. The van der Waals surface area contributed by atoms with Crippen LogP contribution in [-0.2, 0) is 18.9 Å². The van der Waals surface area contributed by atoms with Crippen molar-refractivity contribution in [2.45, 2.75) is 51.4 Å². The van der Waals surface area contributed by atoms with Crippen LogP contribution < -0.4 is 0 Å². The first-order valence-electron chi connectivity index (χ1n) is 12.5. The Morgan fingerprint density at radius 2 is 0.842 bits per heavy atom. The number of esters is 6. The lowest BCUT2D eigenvalue weighted by Crippen LogP contribution is -2.08. The minimum atomic E-state index is -0.759. The molecule has 2 aromatic rings. The molecule has 0 aromatic heterocycles. The van der Waals surface area contributed by atoms with Crippen LogP contribution in [-0.4, -0.2) is 49.0 Å².